The largest absolute Gasteiger partial charge is 0.488 e. The van der Waals surface area contributed by atoms with Gasteiger partial charge in [-0.3, -0.25) is 9.69 Å². The summed E-state index contributed by atoms with van der Waals surface area (Å²) in [5.74, 6) is 1.02. The lowest BCUT2D eigenvalue weighted by molar-refractivity contribution is -0.169. The molecular formula is C27H30ClFN4O4. The van der Waals surface area contributed by atoms with Gasteiger partial charge in [-0.25, -0.2) is 14.4 Å². The van der Waals surface area contributed by atoms with Crippen LogP contribution in [0.15, 0.2) is 36.7 Å². The van der Waals surface area contributed by atoms with Crippen molar-refractivity contribution in [2.45, 2.75) is 51.2 Å². The summed E-state index contributed by atoms with van der Waals surface area (Å²) >= 11 is 5.96. The Hall–Kier alpha value is -3.17. The molecule has 37 heavy (non-hydrogen) atoms. The maximum atomic E-state index is 13.6. The summed E-state index contributed by atoms with van der Waals surface area (Å²) in [5, 5.41) is 3.94. The van der Waals surface area contributed by atoms with Crippen LogP contribution in [0.3, 0.4) is 0 Å². The third kappa shape index (κ3) is 6.22. The maximum Gasteiger partial charge on any atom is 0.320 e. The predicted octanol–water partition coefficient (Wildman–Crippen LogP) is 5.50. The lowest BCUT2D eigenvalue weighted by Crippen LogP contribution is -2.51. The average Bonchev–Trinajstić information content (AvgIpc) is 3.34. The van der Waals surface area contributed by atoms with Crippen LogP contribution in [0.1, 0.15) is 39.5 Å². The molecule has 2 heterocycles. The van der Waals surface area contributed by atoms with Crippen molar-refractivity contribution >= 4 is 40.0 Å². The molecule has 2 aromatic carbocycles. The molecule has 2 fully saturated rings. The van der Waals surface area contributed by atoms with Crippen molar-refractivity contribution in [3.05, 3.63) is 47.5 Å². The molecule has 10 heteroatoms. The molecular weight excluding hydrogens is 499 g/mol. The SMILES string of the molecule is CC1(C)CN(CCOc2cc3c(Nc4ccc(F)c(Cl)c4)ncnc3cc2OC2CCCC2)CC(=O)O1. The fourth-order valence-electron chi connectivity index (χ4n) is 4.86. The summed E-state index contributed by atoms with van der Waals surface area (Å²) in [5.41, 5.74) is 0.752. The number of nitrogens with one attached hydrogen (secondary N) is 1. The van der Waals surface area contributed by atoms with Gasteiger partial charge in [0.15, 0.2) is 11.5 Å². The number of cyclic esters (lactones) is 1. The lowest BCUT2D eigenvalue weighted by Gasteiger charge is -2.37. The van der Waals surface area contributed by atoms with Gasteiger partial charge >= 0.3 is 5.97 Å². The zero-order valence-electron chi connectivity index (χ0n) is 20.9. The van der Waals surface area contributed by atoms with Crippen molar-refractivity contribution in [3.8, 4) is 11.5 Å². The number of carbonyl (C=O) groups excluding carboxylic acids is 1. The molecule has 1 saturated heterocycles. The molecule has 0 atom stereocenters. The summed E-state index contributed by atoms with van der Waals surface area (Å²) in [6.07, 6.45) is 5.90. The quantitative estimate of drug-likeness (QED) is 0.383. The maximum absolute atomic E-state index is 13.6. The number of aromatic nitrogens is 2. The van der Waals surface area contributed by atoms with E-state index in [9.17, 15) is 9.18 Å². The van der Waals surface area contributed by atoms with E-state index in [1.807, 2.05) is 30.9 Å². The molecule has 0 bridgehead atoms. The number of hydrogen-bond donors (Lipinski definition) is 1. The third-order valence-electron chi connectivity index (χ3n) is 6.49. The molecule has 196 valence electrons. The minimum atomic E-state index is -0.532. The van der Waals surface area contributed by atoms with Gasteiger partial charge in [0.25, 0.3) is 0 Å². The van der Waals surface area contributed by atoms with E-state index in [1.54, 1.807) is 6.07 Å². The van der Waals surface area contributed by atoms with Crippen LogP contribution in [-0.4, -0.2) is 58.8 Å². The van der Waals surface area contributed by atoms with Gasteiger partial charge in [-0.1, -0.05) is 11.6 Å². The van der Waals surface area contributed by atoms with Gasteiger partial charge in [0.2, 0.25) is 0 Å². The van der Waals surface area contributed by atoms with Crippen LogP contribution in [0.4, 0.5) is 15.9 Å². The molecule has 1 saturated carbocycles. The van der Waals surface area contributed by atoms with Crippen LogP contribution in [0.25, 0.3) is 10.9 Å². The van der Waals surface area contributed by atoms with Crippen molar-refractivity contribution in [1.29, 1.82) is 0 Å². The van der Waals surface area contributed by atoms with E-state index in [2.05, 4.69) is 15.3 Å². The first-order chi connectivity index (χ1) is 17.8. The first-order valence-corrected chi connectivity index (χ1v) is 12.9. The topological polar surface area (TPSA) is 85.8 Å². The first kappa shape index (κ1) is 25.5. The van der Waals surface area contributed by atoms with Crippen LogP contribution in [0, 0.1) is 5.82 Å². The molecule has 3 aromatic rings. The summed E-state index contributed by atoms with van der Waals surface area (Å²) in [7, 11) is 0. The van der Waals surface area contributed by atoms with Gasteiger partial charge in [-0.2, -0.15) is 0 Å². The Bertz CT molecular complexity index is 1300. The average molecular weight is 529 g/mol. The number of nitrogens with zero attached hydrogens (tertiary/aromatic N) is 3. The number of hydrogen-bond acceptors (Lipinski definition) is 8. The standard InChI is InChI=1S/C27H30ClFN4O4/c1-27(2)15-33(14-25(34)37-27)9-10-35-23-12-19-22(13-24(23)36-18-5-3-4-6-18)30-16-31-26(19)32-17-7-8-21(29)20(28)11-17/h7-8,11-13,16,18H,3-6,9-10,14-15H2,1-2H3,(H,30,31,32). The number of esters is 1. The Morgan fingerprint density at radius 2 is 2.00 bits per heavy atom. The molecule has 0 radical (unpaired) electrons. The summed E-state index contributed by atoms with van der Waals surface area (Å²) < 4.78 is 31.6. The molecule has 0 unspecified atom stereocenters. The Labute approximate surface area is 220 Å². The van der Waals surface area contributed by atoms with E-state index in [-0.39, 0.29) is 23.6 Å². The zero-order valence-corrected chi connectivity index (χ0v) is 21.7. The normalized spacial score (nSPS) is 18.1. The van der Waals surface area contributed by atoms with Gasteiger partial charge in [0.05, 0.1) is 23.2 Å². The van der Waals surface area contributed by atoms with Crippen LogP contribution in [0.2, 0.25) is 5.02 Å². The number of benzene rings is 2. The molecule has 0 spiro atoms. The lowest BCUT2D eigenvalue weighted by atomic mass is 10.1. The molecule has 0 amide bonds. The fourth-order valence-corrected chi connectivity index (χ4v) is 5.04. The molecule has 1 N–H and O–H groups in total. The molecule has 1 aliphatic heterocycles. The van der Waals surface area contributed by atoms with Crippen LogP contribution in [0.5, 0.6) is 11.5 Å². The number of ether oxygens (including phenoxy) is 3. The van der Waals surface area contributed by atoms with E-state index < -0.39 is 11.4 Å². The highest BCUT2D eigenvalue weighted by Gasteiger charge is 2.32. The Balaban J connectivity index is 1.40. The van der Waals surface area contributed by atoms with Crippen molar-refractivity contribution in [3.63, 3.8) is 0 Å². The van der Waals surface area contributed by atoms with Crippen LogP contribution < -0.4 is 14.8 Å². The molecule has 2 aliphatic rings. The minimum Gasteiger partial charge on any atom is -0.488 e. The van der Waals surface area contributed by atoms with Crippen molar-refractivity contribution in [2.24, 2.45) is 0 Å². The van der Waals surface area contributed by atoms with E-state index in [4.69, 9.17) is 25.8 Å². The Morgan fingerprint density at radius 3 is 2.76 bits per heavy atom. The highest BCUT2D eigenvalue weighted by molar-refractivity contribution is 6.31. The van der Waals surface area contributed by atoms with Gasteiger partial charge < -0.3 is 19.5 Å². The van der Waals surface area contributed by atoms with Crippen LogP contribution >= 0.6 is 11.6 Å². The highest BCUT2D eigenvalue weighted by atomic mass is 35.5. The number of morpholine rings is 1. The Morgan fingerprint density at radius 1 is 1.19 bits per heavy atom. The summed E-state index contributed by atoms with van der Waals surface area (Å²) in [6.45, 7) is 5.59. The van der Waals surface area contributed by atoms with E-state index in [1.165, 1.54) is 18.5 Å². The number of anilines is 2. The number of halogens is 2. The second-order valence-corrected chi connectivity index (χ2v) is 10.5. The summed E-state index contributed by atoms with van der Waals surface area (Å²) in [6, 6.07) is 8.13. The van der Waals surface area contributed by atoms with Gasteiger partial charge in [0.1, 0.15) is 30.2 Å². The molecule has 1 aliphatic carbocycles. The minimum absolute atomic E-state index is 0.0180. The Kier molecular flexibility index (Phi) is 7.35. The van der Waals surface area contributed by atoms with Crippen molar-refractivity contribution in [2.75, 3.05) is 31.6 Å². The number of carbonyl (C=O) groups is 1. The molecule has 1 aromatic heterocycles. The predicted molar refractivity (Wildman–Crippen MR) is 139 cm³/mol. The van der Waals surface area contributed by atoms with Crippen molar-refractivity contribution in [1.82, 2.24) is 14.9 Å². The highest BCUT2D eigenvalue weighted by Crippen LogP contribution is 2.37. The van der Waals surface area contributed by atoms with Crippen molar-refractivity contribution < 1.29 is 23.4 Å². The van der Waals surface area contributed by atoms with Crippen LogP contribution in [-0.2, 0) is 9.53 Å². The molecule has 8 nitrogen and oxygen atoms in total. The van der Waals surface area contributed by atoms with E-state index >= 15 is 0 Å². The molecule has 5 rings (SSSR count). The monoisotopic (exact) mass is 528 g/mol. The second kappa shape index (κ2) is 10.7. The van der Waals surface area contributed by atoms with Gasteiger partial charge in [-0.15, -0.1) is 0 Å². The zero-order chi connectivity index (χ0) is 26.0. The smallest absolute Gasteiger partial charge is 0.320 e. The van der Waals surface area contributed by atoms with Gasteiger partial charge in [0, 0.05) is 30.2 Å². The summed E-state index contributed by atoms with van der Waals surface area (Å²) in [4.78, 5) is 22.8. The number of fused-ring (bicyclic) bond motifs is 1. The van der Waals surface area contributed by atoms with E-state index in [0.717, 1.165) is 31.1 Å². The second-order valence-electron chi connectivity index (χ2n) is 10.1. The fraction of sp³-hybridized carbons (Fsp3) is 0.444. The number of rotatable bonds is 8. The third-order valence-corrected chi connectivity index (χ3v) is 6.78. The van der Waals surface area contributed by atoms with Gasteiger partial charge in [-0.05, 0) is 63.8 Å². The van der Waals surface area contributed by atoms with E-state index in [0.29, 0.717) is 48.2 Å². The first-order valence-electron chi connectivity index (χ1n) is 12.5.